The lowest BCUT2D eigenvalue weighted by molar-refractivity contribution is -0.115. The van der Waals surface area contributed by atoms with E-state index in [0.717, 1.165) is 11.3 Å². The van der Waals surface area contributed by atoms with Gasteiger partial charge in [-0.2, -0.15) is 0 Å². The largest absolute Gasteiger partial charge is 0.492 e. The fourth-order valence-corrected chi connectivity index (χ4v) is 4.83. The van der Waals surface area contributed by atoms with E-state index in [1.165, 1.54) is 0 Å². The molecule has 158 valence electrons. The molecular formula is C24H21ClN2O3S. The van der Waals surface area contributed by atoms with Gasteiger partial charge in [0.2, 0.25) is 5.91 Å². The van der Waals surface area contributed by atoms with Crippen molar-refractivity contribution in [3.05, 3.63) is 88.9 Å². The number of ether oxygens (including phenoxy) is 1. The van der Waals surface area contributed by atoms with E-state index < -0.39 is 0 Å². The molecule has 1 unspecified atom stereocenters. The maximum atomic E-state index is 12.7. The van der Waals surface area contributed by atoms with Crippen molar-refractivity contribution in [1.82, 2.24) is 0 Å². The molecule has 0 radical (unpaired) electrons. The molecule has 1 N–H and O–H groups in total. The van der Waals surface area contributed by atoms with Crippen LogP contribution in [0.25, 0.3) is 0 Å². The normalized spacial score (nSPS) is 15.7. The van der Waals surface area contributed by atoms with Crippen molar-refractivity contribution < 1.29 is 14.3 Å². The van der Waals surface area contributed by atoms with Crippen LogP contribution in [0.15, 0.2) is 72.8 Å². The Balaban J connectivity index is 1.55. The molecule has 0 aliphatic carbocycles. The maximum absolute atomic E-state index is 12.7. The summed E-state index contributed by atoms with van der Waals surface area (Å²) in [6, 6.07) is 22.0. The smallest absolute Gasteiger partial charge is 0.257 e. The van der Waals surface area contributed by atoms with Gasteiger partial charge in [0.15, 0.2) is 0 Å². The van der Waals surface area contributed by atoms with E-state index >= 15 is 0 Å². The zero-order valence-corrected chi connectivity index (χ0v) is 18.5. The SMILES string of the molecule is CCOc1ccccc1N1C(=O)CSC1c1ccc(NC(=O)c2ccccc2Cl)cc1. The summed E-state index contributed by atoms with van der Waals surface area (Å²) in [6.07, 6.45) is 0. The summed E-state index contributed by atoms with van der Waals surface area (Å²) in [5, 5.41) is 3.10. The van der Waals surface area contributed by atoms with Crippen molar-refractivity contribution in [3.63, 3.8) is 0 Å². The summed E-state index contributed by atoms with van der Waals surface area (Å²) in [5.41, 5.74) is 2.81. The van der Waals surface area contributed by atoms with E-state index in [4.69, 9.17) is 16.3 Å². The average molecular weight is 453 g/mol. The molecule has 1 saturated heterocycles. The Hall–Kier alpha value is -2.96. The number of para-hydroxylation sites is 2. The number of halogens is 1. The zero-order chi connectivity index (χ0) is 21.8. The van der Waals surface area contributed by atoms with Gasteiger partial charge >= 0.3 is 0 Å². The highest BCUT2D eigenvalue weighted by Crippen LogP contribution is 2.44. The first-order valence-electron chi connectivity index (χ1n) is 9.90. The standard InChI is InChI=1S/C24H21ClN2O3S/c1-2-30-21-10-6-5-9-20(21)27-22(28)15-31-24(27)16-11-13-17(14-12-16)26-23(29)18-7-3-4-8-19(18)25/h3-14,24H,2,15H2,1H3,(H,26,29). The molecule has 5 nitrogen and oxygen atoms in total. The van der Waals surface area contributed by atoms with Crippen LogP contribution in [0.3, 0.4) is 0 Å². The Morgan fingerprint density at radius 1 is 1.10 bits per heavy atom. The lowest BCUT2D eigenvalue weighted by Gasteiger charge is -2.26. The molecule has 7 heteroatoms. The quantitative estimate of drug-likeness (QED) is 0.515. The van der Waals surface area contributed by atoms with Crippen molar-refractivity contribution in [2.45, 2.75) is 12.3 Å². The molecule has 3 aromatic carbocycles. The summed E-state index contributed by atoms with van der Waals surface area (Å²) in [5.74, 6) is 0.861. The van der Waals surface area contributed by atoms with Crippen molar-refractivity contribution in [2.75, 3.05) is 22.6 Å². The minimum absolute atomic E-state index is 0.0400. The van der Waals surface area contributed by atoms with Crippen LogP contribution < -0.4 is 15.0 Å². The molecule has 2 amide bonds. The highest BCUT2D eigenvalue weighted by Gasteiger charge is 2.35. The number of carbonyl (C=O) groups is 2. The number of rotatable bonds is 6. The zero-order valence-electron chi connectivity index (χ0n) is 16.9. The van der Waals surface area contributed by atoms with Crippen LogP contribution in [0.4, 0.5) is 11.4 Å². The highest BCUT2D eigenvalue weighted by molar-refractivity contribution is 8.00. The Labute approximate surface area is 190 Å². The van der Waals surface area contributed by atoms with Gasteiger partial charge < -0.3 is 10.1 Å². The first kappa shape index (κ1) is 21.3. The molecule has 1 fully saturated rings. The second kappa shape index (κ2) is 9.45. The van der Waals surface area contributed by atoms with Gasteiger partial charge in [-0.15, -0.1) is 11.8 Å². The van der Waals surface area contributed by atoms with Crippen molar-refractivity contribution in [1.29, 1.82) is 0 Å². The molecule has 1 aliphatic heterocycles. The van der Waals surface area contributed by atoms with Gasteiger partial charge in [0, 0.05) is 5.69 Å². The molecule has 4 rings (SSSR count). The summed E-state index contributed by atoms with van der Waals surface area (Å²) in [7, 11) is 0. The second-order valence-corrected chi connectivity index (χ2v) is 8.36. The second-order valence-electron chi connectivity index (χ2n) is 6.88. The number of thioether (sulfide) groups is 1. The molecule has 3 aromatic rings. The van der Waals surface area contributed by atoms with Crippen LogP contribution in [0.2, 0.25) is 5.02 Å². The molecular weight excluding hydrogens is 432 g/mol. The van der Waals surface area contributed by atoms with Crippen molar-refractivity contribution >= 4 is 46.6 Å². The van der Waals surface area contributed by atoms with Crippen molar-refractivity contribution in [3.8, 4) is 5.75 Å². The van der Waals surface area contributed by atoms with E-state index in [0.29, 0.717) is 34.4 Å². The van der Waals surface area contributed by atoms with Gasteiger partial charge in [0.05, 0.1) is 28.6 Å². The van der Waals surface area contributed by atoms with Crippen LogP contribution in [0.1, 0.15) is 28.2 Å². The van der Waals surface area contributed by atoms with Gasteiger partial charge in [-0.1, -0.05) is 48.0 Å². The molecule has 31 heavy (non-hydrogen) atoms. The summed E-state index contributed by atoms with van der Waals surface area (Å²) in [4.78, 5) is 27.0. The molecule has 0 saturated carbocycles. The number of carbonyl (C=O) groups excluding carboxylic acids is 2. The number of hydrogen-bond donors (Lipinski definition) is 1. The van der Waals surface area contributed by atoms with Gasteiger partial charge in [0.1, 0.15) is 11.1 Å². The Kier molecular flexibility index (Phi) is 6.49. The first-order chi connectivity index (χ1) is 15.1. The van der Waals surface area contributed by atoms with Crippen LogP contribution in [0.5, 0.6) is 5.75 Å². The van der Waals surface area contributed by atoms with Gasteiger partial charge in [-0.25, -0.2) is 0 Å². The van der Waals surface area contributed by atoms with E-state index in [-0.39, 0.29) is 17.2 Å². The number of nitrogens with one attached hydrogen (secondary N) is 1. The molecule has 0 spiro atoms. The first-order valence-corrected chi connectivity index (χ1v) is 11.3. The number of hydrogen-bond acceptors (Lipinski definition) is 4. The fourth-order valence-electron chi connectivity index (χ4n) is 3.44. The van der Waals surface area contributed by atoms with Gasteiger partial charge in [0.25, 0.3) is 5.91 Å². The third-order valence-corrected chi connectivity index (χ3v) is 6.41. The van der Waals surface area contributed by atoms with E-state index in [1.807, 2.05) is 55.5 Å². The topological polar surface area (TPSA) is 58.6 Å². The molecule has 1 aliphatic rings. The lowest BCUT2D eigenvalue weighted by Crippen LogP contribution is -2.28. The minimum Gasteiger partial charge on any atom is -0.492 e. The maximum Gasteiger partial charge on any atom is 0.257 e. The number of amides is 2. The highest BCUT2D eigenvalue weighted by atomic mass is 35.5. The van der Waals surface area contributed by atoms with E-state index in [2.05, 4.69) is 5.32 Å². The van der Waals surface area contributed by atoms with E-state index in [9.17, 15) is 9.59 Å². The van der Waals surface area contributed by atoms with Gasteiger partial charge in [-0.05, 0) is 48.9 Å². The number of benzene rings is 3. The summed E-state index contributed by atoms with van der Waals surface area (Å²) >= 11 is 7.68. The number of anilines is 2. The fraction of sp³-hybridized carbons (Fsp3) is 0.167. The predicted molar refractivity (Wildman–Crippen MR) is 126 cm³/mol. The summed E-state index contributed by atoms with van der Waals surface area (Å²) in [6.45, 7) is 2.45. The van der Waals surface area contributed by atoms with E-state index in [1.54, 1.807) is 40.9 Å². The Bertz CT molecular complexity index is 1100. The molecule has 1 atom stereocenters. The molecule has 1 heterocycles. The lowest BCUT2D eigenvalue weighted by atomic mass is 10.1. The minimum atomic E-state index is -0.268. The number of nitrogens with zero attached hydrogens (tertiary/aromatic N) is 1. The molecule has 0 bridgehead atoms. The third kappa shape index (κ3) is 4.55. The van der Waals surface area contributed by atoms with Crippen LogP contribution >= 0.6 is 23.4 Å². The Morgan fingerprint density at radius 2 is 1.81 bits per heavy atom. The van der Waals surface area contributed by atoms with Crippen LogP contribution in [0, 0.1) is 0 Å². The summed E-state index contributed by atoms with van der Waals surface area (Å²) < 4.78 is 5.74. The van der Waals surface area contributed by atoms with Gasteiger partial charge in [-0.3, -0.25) is 14.5 Å². The Morgan fingerprint density at radius 3 is 2.55 bits per heavy atom. The predicted octanol–water partition coefficient (Wildman–Crippen LogP) is 5.77. The third-order valence-electron chi connectivity index (χ3n) is 4.86. The van der Waals surface area contributed by atoms with Crippen molar-refractivity contribution in [2.24, 2.45) is 0 Å². The molecule has 0 aromatic heterocycles. The van der Waals surface area contributed by atoms with Crippen LogP contribution in [-0.2, 0) is 4.79 Å². The average Bonchev–Trinajstić information content (AvgIpc) is 3.16. The monoisotopic (exact) mass is 452 g/mol. The van der Waals surface area contributed by atoms with Crippen LogP contribution in [-0.4, -0.2) is 24.2 Å².